The molecule has 1 N–H and O–H groups in total. The molecule has 0 radical (unpaired) electrons. The molecule has 1 fully saturated rings. The summed E-state index contributed by atoms with van der Waals surface area (Å²) in [5.41, 5.74) is 4.85. The third-order valence-electron chi connectivity index (χ3n) is 5.91. The maximum atomic E-state index is 13.3. The van der Waals surface area contributed by atoms with Crippen LogP contribution in [0.5, 0.6) is 0 Å². The van der Waals surface area contributed by atoms with E-state index in [-0.39, 0.29) is 29.2 Å². The van der Waals surface area contributed by atoms with Crippen molar-refractivity contribution in [1.29, 1.82) is 0 Å². The molecule has 1 aliphatic heterocycles. The van der Waals surface area contributed by atoms with Crippen molar-refractivity contribution in [3.8, 4) is 0 Å². The Hall–Kier alpha value is -3.00. The number of sulfone groups is 1. The summed E-state index contributed by atoms with van der Waals surface area (Å²) in [6, 6.07) is 9.86. The summed E-state index contributed by atoms with van der Waals surface area (Å²) in [5, 5.41) is 2.76. The van der Waals surface area contributed by atoms with Gasteiger partial charge in [-0.2, -0.15) is 0 Å². The van der Waals surface area contributed by atoms with Gasteiger partial charge in [0, 0.05) is 17.7 Å². The van der Waals surface area contributed by atoms with Crippen molar-refractivity contribution >= 4 is 44.4 Å². The van der Waals surface area contributed by atoms with Gasteiger partial charge in [-0.05, 0) is 80.6 Å². The highest BCUT2D eigenvalue weighted by Crippen LogP contribution is 2.39. The van der Waals surface area contributed by atoms with Gasteiger partial charge in [-0.1, -0.05) is 0 Å². The summed E-state index contributed by atoms with van der Waals surface area (Å²) in [6.07, 6.45) is 3.60. The summed E-state index contributed by atoms with van der Waals surface area (Å²) in [7, 11) is -3.31. The highest BCUT2D eigenvalue weighted by Gasteiger charge is 2.37. The second kappa shape index (κ2) is 7.92. The lowest BCUT2D eigenvalue weighted by Gasteiger charge is -2.25. The van der Waals surface area contributed by atoms with Crippen molar-refractivity contribution in [2.75, 3.05) is 23.0 Å². The van der Waals surface area contributed by atoms with Crippen molar-refractivity contribution in [3.63, 3.8) is 0 Å². The standard InChI is InChI=1S/C23H25N3O4S/c1-14-11-20-21(12-15(14)2)26(23(28)18-5-4-6-19(18)25-20)13-22(27)24-16-7-9-17(10-8-16)31(3,29)30/h7-12,18H,4-6,13H2,1-3H3,(H,24,27). The van der Waals surface area contributed by atoms with Crippen LogP contribution < -0.4 is 10.2 Å². The van der Waals surface area contributed by atoms with Crippen LogP contribution in [0.2, 0.25) is 0 Å². The normalized spacial score (nSPS) is 18.2. The summed E-state index contributed by atoms with van der Waals surface area (Å²) in [4.78, 5) is 32.6. The van der Waals surface area contributed by atoms with Crippen molar-refractivity contribution in [1.82, 2.24) is 0 Å². The molecule has 2 aromatic carbocycles. The Bertz CT molecular complexity index is 1200. The van der Waals surface area contributed by atoms with Crippen molar-refractivity contribution in [2.45, 2.75) is 38.0 Å². The van der Waals surface area contributed by atoms with E-state index in [1.807, 2.05) is 26.0 Å². The van der Waals surface area contributed by atoms with E-state index in [0.717, 1.165) is 48.0 Å². The molecule has 7 nitrogen and oxygen atoms in total. The number of hydrogen-bond donors (Lipinski definition) is 1. The van der Waals surface area contributed by atoms with Crippen molar-refractivity contribution < 1.29 is 18.0 Å². The molecule has 0 aromatic heterocycles. The molecule has 2 aliphatic rings. The van der Waals surface area contributed by atoms with E-state index in [2.05, 4.69) is 5.32 Å². The Labute approximate surface area is 182 Å². The molecule has 162 valence electrons. The number of hydrogen-bond acceptors (Lipinski definition) is 5. The van der Waals surface area contributed by atoms with Gasteiger partial charge < -0.3 is 10.2 Å². The lowest BCUT2D eigenvalue weighted by atomic mass is 10.0. The lowest BCUT2D eigenvalue weighted by molar-refractivity contribution is -0.122. The number of aliphatic imine (C=N–C) groups is 1. The number of amides is 2. The van der Waals surface area contributed by atoms with Crippen LogP contribution in [0.15, 0.2) is 46.3 Å². The molecule has 8 heteroatoms. The van der Waals surface area contributed by atoms with E-state index < -0.39 is 9.84 Å². The largest absolute Gasteiger partial charge is 0.325 e. The van der Waals surface area contributed by atoms with E-state index in [9.17, 15) is 18.0 Å². The van der Waals surface area contributed by atoms with Crippen LogP contribution in [0.25, 0.3) is 0 Å². The molecule has 2 aromatic rings. The highest BCUT2D eigenvalue weighted by atomic mass is 32.2. The van der Waals surface area contributed by atoms with Gasteiger partial charge in [0.25, 0.3) is 0 Å². The molecule has 1 atom stereocenters. The molecule has 1 aliphatic carbocycles. The zero-order valence-electron chi connectivity index (χ0n) is 17.8. The Kier molecular flexibility index (Phi) is 5.43. The maximum Gasteiger partial charge on any atom is 0.244 e. The second-order valence-electron chi connectivity index (χ2n) is 8.24. The van der Waals surface area contributed by atoms with E-state index in [0.29, 0.717) is 11.4 Å². The zero-order valence-corrected chi connectivity index (χ0v) is 18.6. The number of aryl methyl sites for hydroxylation is 2. The highest BCUT2D eigenvalue weighted by molar-refractivity contribution is 7.90. The minimum absolute atomic E-state index is 0.0965. The van der Waals surface area contributed by atoms with Gasteiger partial charge in [0.2, 0.25) is 11.8 Å². The number of carbonyl (C=O) groups is 2. The van der Waals surface area contributed by atoms with Crippen molar-refractivity contribution in [3.05, 3.63) is 47.5 Å². The van der Waals surface area contributed by atoms with Gasteiger partial charge in [0.1, 0.15) is 6.54 Å². The zero-order chi connectivity index (χ0) is 22.3. The fourth-order valence-electron chi connectivity index (χ4n) is 4.07. The SMILES string of the molecule is Cc1cc2c(cc1C)N(CC(=O)Nc1ccc(S(C)(=O)=O)cc1)C(=O)C1CCCC1=N2. The first-order chi connectivity index (χ1) is 14.6. The van der Waals surface area contributed by atoms with Gasteiger partial charge >= 0.3 is 0 Å². The number of anilines is 2. The molecular formula is C23H25N3O4S. The molecule has 2 amide bonds. The number of rotatable bonds is 4. The van der Waals surface area contributed by atoms with Gasteiger partial charge in [-0.3, -0.25) is 14.6 Å². The van der Waals surface area contributed by atoms with E-state index >= 15 is 0 Å². The summed E-state index contributed by atoms with van der Waals surface area (Å²) < 4.78 is 23.2. The van der Waals surface area contributed by atoms with Crippen LogP contribution in [0, 0.1) is 19.8 Å². The van der Waals surface area contributed by atoms with Crippen LogP contribution in [-0.2, 0) is 19.4 Å². The number of nitrogens with one attached hydrogen (secondary N) is 1. The molecule has 0 bridgehead atoms. The van der Waals surface area contributed by atoms with E-state index in [1.165, 1.54) is 29.2 Å². The summed E-state index contributed by atoms with van der Waals surface area (Å²) in [5.74, 6) is -0.734. The summed E-state index contributed by atoms with van der Waals surface area (Å²) in [6.45, 7) is 3.84. The lowest BCUT2D eigenvalue weighted by Crippen LogP contribution is -2.42. The first kappa shape index (κ1) is 21.2. The maximum absolute atomic E-state index is 13.3. The van der Waals surface area contributed by atoms with Crippen molar-refractivity contribution in [2.24, 2.45) is 10.9 Å². The molecule has 0 spiro atoms. The molecule has 4 rings (SSSR count). The first-order valence-electron chi connectivity index (χ1n) is 10.2. The topological polar surface area (TPSA) is 95.9 Å². The van der Waals surface area contributed by atoms with E-state index in [1.54, 1.807) is 0 Å². The molecule has 0 saturated heterocycles. The Morgan fingerprint density at radius 2 is 1.84 bits per heavy atom. The average molecular weight is 440 g/mol. The molecule has 1 heterocycles. The number of nitrogens with zero attached hydrogens (tertiary/aromatic N) is 2. The molecule has 31 heavy (non-hydrogen) atoms. The monoisotopic (exact) mass is 439 g/mol. The number of carbonyl (C=O) groups excluding carboxylic acids is 2. The van der Waals surface area contributed by atoms with Gasteiger partial charge in [0.05, 0.1) is 22.2 Å². The minimum atomic E-state index is -3.31. The van der Waals surface area contributed by atoms with E-state index in [4.69, 9.17) is 4.99 Å². The van der Waals surface area contributed by atoms with Crippen LogP contribution in [0.4, 0.5) is 17.1 Å². The second-order valence-corrected chi connectivity index (χ2v) is 10.3. The molecular weight excluding hydrogens is 414 g/mol. The first-order valence-corrected chi connectivity index (χ1v) is 12.1. The fraction of sp³-hybridized carbons (Fsp3) is 0.348. The summed E-state index contributed by atoms with van der Waals surface area (Å²) >= 11 is 0. The van der Waals surface area contributed by atoms with Gasteiger partial charge in [-0.25, -0.2) is 8.42 Å². The van der Waals surface area contributed by atoms with Crippen LogP contribution in [0.1, 0.15) is 30.4 Å². The Morgan fingerprint density at radius 3 is 2.52 bits per heavy atom. The third kappa shape index (κ3) is 4.25. The van der Waals surface area contributed by atoms with Crippen LogP contribution in [0.3, 0.4) is 0 Å². The van der Waals surface area contributed by atoms with Crippen LogP contribution >= 0.6 is 0 Å². The fourth-order valence-corrected chi connectivity index (χ4v) is 4.70. The molecule has 1 saturated carbocycles. The minimum Gasteiger partial charge on any atom is -0.325 e. The predicted octanol–water partition coefficient (Wildman–Crippen LogP) is 3.56. The third-order valence-corrected chi connectivity index (χ3v) is 7.03. The quantitative estimate of drug-likeness (QED) is 0.788. The smallest absolute Gasteiger partial charge is 0.244 e. The Balaban J connectivity index is 1.61. The number of fused-ring (bicyclic) bond motifs is 2. The predicted molar refractivity (Wildman–Crippen MR) is 121 cm³/mol. The van der Waals surface area contributed by atoms with Gasteiger partial charge in [0.15, 0.2) is 9.84 Å². The van der Waals surface area contributed by atoms with Gasteiger partial charge in [-0.15, -0.1) is 0 Å². The average Bonchev–Trinajstić information content (AvgIpc) is 3.13. The molecule has 1 unspecified atom stereocenters. The Morgan fingerprint density at radius 1 is 1.16 bits per heavy atom. The van der Waals surface area contributed by atoms with Crippen LogP contribution in [-0.4, -0.2) is 38.7 Å². The number of benzene rings is 2.